The summed E-state index contributed by atoms with van der Waals surface area (Å²) in [5.74, 6) is -2.72. The van der Waals surface area contributed by atoms with E-state index >= 15 is 0 Å². The summed E-state index contributed by atoms with van der Waals surface area (Å²) in [6.45, 7) is 0. The van der Waals surface area contributed by atoms with Crippen LogP contribution in [0.15, 0.2) is 66.0 Å². The Labute approximate surface area is 181 Å². The molecule has 0 spiro atoms. The van der Waals surface area contributed by atoms with Crippen LogP contribution in [0.3, 0.4) is 0 Å². The van der Waals surface area contributed by atoms with E-state index in [0.29, 0.717) is 33.9 Å². The first-order valence-electron chi connectivity index (χ1n) is 9.01. The number of pyridine rings is 3. The molecule has 9 heteroatoms. The zero-order valence-corrected chi connectivity index (χ0v) is 16.3. The normalized spacial score (nSPS) is 11.3. The minimum absolute atomic E-state index is 0.339. The zero-order chi connectivity index (χ0) is 23.1. The topological polar surface area (TPSA) is 161 Å². The molecule has 0 amide bonds. The number of carboxylic acid groups (broad SMARTS) is 2. The molecule has 32 heavy (non-hydrogen) atoms. The standard InChI is InChI=1S/C23H13N5O4/c24-12-16(22(29)30)7-14-4-6-27-19(9-14)21-11-15(8-17(13-25)23(31)32)10-20(28-21)18-3-1-2-5-26-18/h1-11H,(H,29,30)(H,31,32)/b16-7+,17-8+. The van der Waals surface area contributed by atoms with E-state index in [9.17, 15) is 14.7 Å². The quantitative estimate of drug-likeness (QED) is 0.448. The van der Waals surface area contributed by atoms with Gasteiger partial charge in [-0.25, -0.2) is 14.6 Å². The van der Waals surface area contributed by atoms with Crippen LogP contribution in [0.5, 0.6) is 0 Å². The molecule has 3 aromatic heterocycles. The van der Waals surface area contributed by atoms with Crippen molar-refractivity contribution in [3.8, 4) is 34.9 Å². The van der Waals surface area contributed by atoms with Crippen LogP contribution in [0.2, 0.25) is 0 Å². The first-order valence-corrected chi connectivity index (χ1v) is 9.01. The number of nitrogens with zero attached hydrogens (tertiary/aromatic N) is 5. The van der Waals surface area contributed by atoms with Gasteiger partial charge in [-0.1, -0.05) is 6.07 Å². The minimum atomic E-state index is -1.37. The van der Waals surface area contributed by atoms with Crippen molar-refractivity contribution in [2.75, 3.05) is 0 Å². The molecule has 0 atom stereocenters. The first kappa shape index (κ1) is 21.6. The summed E-state index contributed by atoms with van der Waals surface area (Å²) in [5, 5.41) is 36.3. The molecule has 0 aromatic carbocycles. The summed E-state index contributed by atoms with van der Waals surface area (Å²) in [7, 11) is 0. The lowest BCUT2D eigenvalue weighted by Crippen LogP contribution is -1.99. The van der Waals surface area contributed by atoms with Crippen molar-refractivity contribution in [3.63, 3.8) is 0 Å². The third kappa shape index (κ3) is 5.06. The molecule has 154 valence electrons. The molecule has 3 heterocycles. The highest BCUT2D eigenvalue weighted by molar-refractivity contribution is 5.97. The predicted octanol–water partition coefficient (Wildman–Crippen LogP) is 3.19. The van der Waals surface area contributed by atoms with Crippen molar-refractivity contribution in [1.82, 2.24) is 15.0 Å². The van der Waals surface area contributed by atoms with Crippen LogP contribution in [0, 0.1) is 22.7 Å². The molecule has 0 unspecified atom stereocenters. The van der Waals surface area contributed by atoms with Gasteiger partial charge in [0.05, 0.1) is 22.8 Å². The van der Waals surface area contributed by atoms with Crippen molar-refractivity contribution in [2.45, 2.75) is 0 Å². The van der Waals surface area contributed by atoms with Crippen LogP contribution >= 0.6 is 0 Å². The van der Waals surface area contributed by atoms with Crippen LogP contribution in [-0.2, 0) is 9.59 Å². The first-order chi connectivity index (χ1) is 15.4. The van der Waals surface area contributed by atoms with E-state index in [1.54, 1.807) is 54.7 Å². The largest absolute Gasteiger partial charge is 0.477 e. The van der Waals surface area contributed by atoms with E-state index in [1.165, 1.54) is 24.4 Å². The molecular formula is C23H13N5O4. The van der Waals surface area contributed by atoms with Gasteiger partial charge in [-0.15, -0.1) is 0 Å². The molecule has 0 saturated heterocycles. The molecule has 0 bridgehead atoms. The number of carbonyl (C=O) groups is 2. The number of hydrogen-bond donors (Lipinski definition) is 2. The Balaban J connectivity index is 2.19. The SMILES string of the molecule is N#C/C(=C\c1ccnc(-c2cc(/C=C(\C#N)C(=O)O)cc(-c3ccccn3)n2)c1)C(=O)O. The lowest BCUT2D eigenvalue weighted by atomic mass is 10.1. The summed E-state index contributed by atoms with van der Waals surface area (Å²) in [6, 6.07) is 14.7. The second-order valence-electron chi connectivity index (χ2n) is 6.31. The number of aliphatic carboxylic acids is 2. The van der Waals surface area contributed by atoms with Gasteiger partial charge in [0, 0.05) is 12.4 Å². The van der Waals surface area contributed by atoms with Crippen LogP contribution in [-0.4, -0.2) is 37.1 Å². The van der Waals surface area contributed by atoms with E-state index in [1.807, 2.05) is 0 Å². The van der Waals surface area contributed by atoms with Gasteiger partial charge in [-0.3, -0.25) is 9.97 Å². The Morgan fingerprint density at radius 1 is 0.750 bits per heavy atom. The van der Waals surface area contributed by atoms with E-state index in [4.69, 9.17) is 15.6 Å². The predicted molar refractivity (Wildman–Crippen MR) is 113 cm³/mol. The van der Waals surface area contributed by atoms with Crippen LogP contribution in [0.4, 0.5) is 0 Å². The van der Waals surface area contributed by atoms with Gasteiger partial charge in [0.1, 0.15) is 23.3 Å². The third-order valence-corrected chi connectivity index (χ3v) is 4.15. The summed E-state index contributed by atoms with van der Waals surface area (Å²) in [6.07, 6.45) is 5.42. The van der Waals surface area contributed by atoms with E-state index in [-0.39, 0.29) is 0 Å². The Morgan fingerprint density at radius 2 is 1.31 bits per heavy atom. The summed E-state index contributed by atoms with van der Waals surface area (Å²) in [4.78, 5) is 35.4. The molecule has 0 aliphatic rings. The van der Waals surface area contributed by atoms with Gasteiger partial charge in [-0.2, -0.15) is 10.5 Å². The average molecular weight is 423 g/mol. The molecular weight excluding hydrogens is 410 g/mol. The molecule has 0 radical (unpaired) electrons. The van der Waals surface area contributed by atoms with Gasteiger partial charge >= 0.3 is 11.9 Å². The maximum atomic E-state index is 11.3. The monoisotopic (exact) mass is 423 g/mol. The minimum Gasteiger partial charge on any atom is -0.477 e. The van der Waals surface area contributed by atoms with Gasteiger partial charge < -0.3 is 10.2 Å². The summed E-state index contributed by atoms with van der Waals surface area (Å²) >= 11 is 0. The second kappa shape index (κ2) is 9.57. The number of rotatable bonds is 6. The molecule has 0 aliphatic heterocycles. The molecule has 3 aromatic rings. The number of nitriles is 2. The van der Waals surface area contributed by atoms with Crippen LogP contribution in [0.1, 0.15) is 11.1 Å². The van der Waals surface area contributed by atoms with E-state index < -0.39 is 23.1 Å². The lowest BCUT2D eigenvalue weighted by Gasteiger charge is -2.08. The van der Waals surface area contributed by atoms with Gasteiger partial charge in [0.15, 0.2) is 0 Å². The fourth-order valence-electron chi connectivity index (χ4n) is 2.71. The molecule has 0 aliphatic carbocycles. The molecule has 0 saturated carbocycles. The summed E-state index contributed by atoms with van der Waals surface area (Å²) < 4.78 is 0. The van der Waals surface area contributed by atoms with Gasteiger partial charge in [0.25, 0.3) is 0 Å². The number of aromatic nitrogens is 3. The number of hydrogen-bond acceptors (Lipinski definition) is 7. The van der Waals surface area contributed by atoms with E-state index in [2.05, 4.69) is 15.0 Å². The van der Waals surface area contributed by atoms with Crippen LogP contribution < -0.4 is 0 Å². The van der Waals surface area contributed by atoms with Crippen molar-refractivity contribution >= 4 is 24.1 Å². The maximum Gasteiger partial charge on any atom is 0.346 e. The highest BCUT2D eigenvalue weighted by Gasteiger charge is 2.12. The summed E-state index contributed by atoms with van der Waals surface area (Å²) in [5.41, 5.74) is 1.53. The van der Waals surface area contributed by atoms with Gasteiger partial charge in [0.2, 0.25) is 0 Å². The zero-order valence-electron chi connectivity index (χ0n) is 16.3. The van der Waals surface area contributed by atoms with Crippen molar-refractivity contribution in [2.24, 2.45) is 0 Å². The fourth-order valence-corrected chi connectivity index (χ4v) is 2.71. The van der Waals surface area contributed by atoms with Crippen molar-refractivity contribution in [3.05, 3.63) is 77.1 Å². The molecule has 9 nitrogen and oxygen atoms in total. The second-order valence-corrected chi connectivity index (χ2v) is 6.31. The number of carboxylic acids is 2. The Bertz CT molecular complexity index is 1350. The molecule has 0 fully saturated rings. The fraction of sp³-hybridized carbons (Fsp3) is 0. The van der Waals surface area contributed by atoms with Gasteiger partial charge in [-0.05, 0) is 59.7 Å². The maximum absolute atomic E-state index is 11.3. The molecule has 3 rings (SSSR count). The smallest absolute Gasteiger partial charge is 0.346 e. The Morgan fingerprint density at radius 3 is 1.88 bits per heavy atom. The molecule has 2 N–H and O–H groups in total. The highest BCUT2D eigenvalue weighted by Crippen LogP contribution is 2.25. The lowest BCUT2D eigenvalue weighted by molar-refractivity contribution is -0.133. The van der Waals surface area contributed by atoms with Crippen molar-refractivity contribution < 1.29 is 19.8 Å². The third-order valence-electron chi connectivity index (χ3n) is 4.15. The van der Waals surface area contributed by atoms with E-state index in [0.717, 1.165) is 0 Å². The Hall–Kier alpha value is -5.15. The average Bonchev–Trinajstić information content (AvgIpc) is 2.81. The van der Waals surface area contributed by atoms with Crippen LogP contribution in [0.25, 0.3) is 34.9 Å². The Kier molecular flexibility index (Phi) is 6.44. The van der Waals surface area contributed by atoms with Crippen molar-refractivity contribution in [1.29, 1.82) is 10.5 Å². The highest BCUT2D eigenvalue weighted by atomic mass is 16.4.